The number of ketones is 1. The molecule has 2 aromatic carbocycles. The fourth-order valence-corrected chi connectivity index (χ4v) is 4.04. The highest BCUT2D eigenvalue weighted by Crippen LogP contribution is 2.38. The lowest BCUT2D eigenvalue weighted by Gasteiger charge is -2.24. The summed E-state index contributed by atoms with van der Waals surface area (Å²) in [6, 6.07) is 13.6. The van der Waals surface area contributed by atoms with Crippen molar-refractivity contribution in [1.29, 1.82) is 0 Å². The maximum absolute atomic E-state index is 13.0. The lowest BCUT2D eigenvalue weighted by Crippen LogP contribution is -2.20. The van der Waals surface area contributed by atoms with E-state index in [-0.39, 0.29) is 11.7 Å². The van der Waals surface area contributed by atoms with Crippen molar-refractivity contribution in [2.45, 2.75) is 25.7 Å². The van der Waals surface area contributed by atoms with Gasteiger partial charge in [0.25, 0.3) is 0 Å². The van der Waals surface area contributed by atoms with Gasteiger partial charge in [0.1, 0.15) is 5.75 Å². The van der Waals surface area contributed by atoms with Crippen LogP contribution in [0.3, 0.4) is 0 Å². The number of aromatic nitrogens is 2. The number of hydrogen-bond acceptors (Lipinski definition) is 5. The fourth-order valence-electron chi connectivity index (χ4n) is 4.04. The summed E-state index contributed by atoms with van der Waals surface area (Å²) in [4.78, 5) is 13.0. The number of aryl methyl sites for hydroxylation is 1. The molecule has 6 heteroatoms. The Balaban J connectivity index is 1.74. The van der Waals surface area contributed by atoms with Crippen molar-refractivity contribution in [3.8, 4) is 22.9 Å². The van der Waals surface area contributed by atoms with Crippen LogP contribution in [-0.2, 0) is 6.42 Å². The largest absolute Gasteiger partial charge is 0.497 e. The second kappa shape index (κ2) is 7.62. The molecular weight excluding hydrogens is 368 g/mol. The normalized spacial score (nSPS) is 15.7. The van der Waals surface area contributed by atoms with Gasteiger partial charge in [-0.05, 0) is 61.2 Å². The minimum atomic E-state index is 0.0582. The molecule has 1 atom stereocenters. The minimum Gasteiger partial charge on any atom is -0.497 e. The number of hydrogen-bond donors (Lipinski definition) is 0. The van der Waals surface area contributed by atoms with Gasteiger partial charge in [0.15, 0.2) is 17.3 Å². The van der Waals surface area contributed by atoms with Crippen molar-refractivity contribution in [3.63, 3.8) is 0 Å². The van der Waals surface area contributed by atoms with Crippen LogP contribution in [0.15, 0.2) is 42.5 Å². The second-order valence-electron chi connectivity index (χ2n) is 7.16. The van der Waals surface area contributed by atoms with E-state index in [1.165, 1.54) is 0 Å². The third-order valence-electron chi connectivity index (χ3n) is 5.50. The third kappa shape index (κ3) is 3.35. The topological polar surface area (TPSA) is 62.6 Å². The van der Waals surface area contributed by atoms with Crippen LogP contribution in [0.5, 0.6) is 17.2 Å². The smallest absolute Gasteiger partial charge is 0.167 e. The van der Waals surface area contributed by atoms with Crippen molar-refractivity contribution < 1.29 is 19.0 Å². The molecule has 1 aliphatic carbocycles. The number of methoxy groups -OCH3 is 3. The number of carbonyl (C=O) groups excluding carboxylic acids is 1. The first-order valence-corrected chi connectivity index (χ1v) is 9.53. The van der Waals surface area contributed by atoms with Crippen LogP contribution in [0.25, 0.3) is 5.69 Å². The Morgan fingerprint density at radius 3 is 2.31 bits per heavy atom. The Morgan fingerprint density at radius 2 is 1.66 bits per heavy atom. The van der Waals surface area contributed by atoms with Crippen LogP contribution in [0.1, 0.15) is 39.6 Å². The summed E-state index contributed by atoms with van der Waals surface area (Å²) in [5.74, 6) is 2.32. The summed E-state index contributed by atoms with van der Waals surface area (Å²) in [5.41, 5.74) is 4.44. The number of ether oxygens (including phenoxy) is 3. The van der Waals surface area contributed by atoms with Gasteiger partial charge < -0.3 is 14.2 Å². The van der Waals surface area contributed by atoms with Gasteiger partial charge >= 0.3 is 0 Å². The zero-order valence-corrected chi connectivity index (χ0v) is 17.1. The zero-order chi connectivity index (χ0) is 20.5. The molecule has 0 saturated carbocycles. The van der Waals surface area contributed by atoms with E-state index in [4.69, 9.17) is 14.2 Å². The number of fused-ring (bicyclic) bond motifs is 1. The molecule has 0 spiro atoms. The van der Waals surface area contributed by atoms with Crippen molar-refractivity contribution in [2.75, 3.05) is 21.3 Å². The highest BCUT2D eigenvalue weighted by Gasteiger charge is 2.32. The lowest BCUT2D eigenvalue weighted by molar-refractivity contribution is 0.0963. The standard InChI is InChI=1S/C23H24N2O4/c1-14-23-19(25(24-14)17-6-8-18(27-2)9-7-17)11-16(12-20(23)26)15-5-10-21(28-3)22(13-15)29-4/h5-10,13,16H,11-12H2,1-4H3. The molecule has 0 amide bonds. The predicted molar refractivity (Wildman–Crippen MR) is 110 cm³/mol. The molecule has 29 heavy (non-hydrogen) atoms. The van der Waals surface area contributed by atoms with Gasteiger partial charge in [0.2, 0.25) is 0 Å². The molecule has 0 fully saturated rings. The molecule has 1 aliphatic rings. The van der Waals surface area contributed by atoms with E-state index in [9.17, 15) is 4.79 Å². The summed E-state index contributed by atoms with van der Waals surface area (Å²) in [5, 5.41) is 4.67. The Bertz CT molecular complexity index is 1050. The van der Waals surface area contributed by atoms with Gasteiger partial charge in [-0.25, -0.2) is 4.68 Å². The van der Waals surface area contributed by atoms with E-state index >= 15 is 0 Å². The molecule has 1 aromatic heterocycles. The van der Waals surface area contributed by atoms with Gasteiger partial charge in [-0.2, -0.15) is 5.10 Å². The van der Waals surface area contributed by atoms with Crippen LogP contribution < -0.4 is 14.2 Å². The Kier molecular flexibility index (Phi) is 5.01. The highest BCUT2D eigenvalue weighted by atomic mass is 16.5. The van der Waals surface area contributed by atoms with Gasteiger partial charge in [0.05, 0.1) is 44.0 Å². The molecule has 0 aliphatic heterocycles. The number of nitrogens with zero attached hydrogens (tertiary/aromatic N) is 2. The summed E-state index contributed by atoms with van der Waals surface area (Å²) < 4.78 is 17.9. The first-order chi connectivity index (χ1) is 14.0. The van der Waals surface area contributed by atoms with E-state index in [0.717, 1.165) is 40.4 Å². The average molecular weight is 392 g/mol. The molecule has 6 nitrogen and oxygen atoms in total. The maximum Gasteiger partial charge on any atom is 0.167 e. The van der Waals surface area contributed by atoms with E-state index < -0.39 is 0 Å². The second-order valence-corrected chi connectivity index (χ2v) is 7.16. The van der Waals surface area contributed by atoms with Gasteiger partial charge in [-0.15, -0.1) is 0 Å². The molecule has 4 rings (SSSR count). The van der Waals surface area contributed by atoms with Gasteiger partial charge in [-0.1, -0.05) is 6.07 Å². The zero-order valence-electron chi connectivity index (χ0n) is 17.1. The molecule has 0 N–H and O–H groups in total. The van der Waals surface area contributed by atoms with Crippen molar-refractivity contribution >= 4 is 5.78 Å². The molecule has 1 unspecified atom stereocenters. The monoisotopic (exact) mass is 392 g/mol. The van der Waals surface area contributed by atoms with Crippen LogP contribution in [0.4, 0.5) is 0 Å². The molecule has 0 saturated heterocycles. The van der Waals surface area contributed by atoms with Gasteiger partial charge in [-0.3, -0.25) is 4.79 Å². The minimum absolute atomic E-state index is 0.0582. The fraction of sp³-hybridized carbons (Fsp3) is 0.304. The van der Waals surface area contributed by atoms with E-state index in [1.54, 1.807) is 21.3 Å². The number of rotatable bonds is 5. The molecular formula is C23H24N2O4. The van der Waals surface area contributed by atoms with Crippen LogP contribution in [0, 0.1) is 6.92 Å². The van der Waals surface area contributed by atoms with E-state index in [0.29, 0.717) is 17.9 Å². The quantitative estimate of drug-likeness (QED) is 0.654. The maximum atomic E-state index is 13.0. The summed E-state index contributed by atoms with van der Waals surface area (Å²) >= 11 is 0. The molecule has 0 radical (unpaired) electrons. The van der Waals surface area contributed by atoms with Crippen LogP contribution in [0.2, 0.25) is 0 Å². The first-order valence-electron chi connectivity index (χ1n) is 9.53. The number of carbonyl (C=O) groups is 1. The van der Waals surface area contributed by atoms with E-state index in [2.05, 4.69) is 5.10 Å². The highest BCUT2D eigenvalue weighted by molar-refractivity contribution is 6.00. The van der Waals surface area contributed by atoms with Crippen LogP contribution >= 0.6 is 0 Å². The summed E-state index contributed by atoms with van der Waals surface area (Å²) in [6.45, 7) is 1.90. The first kappa shape index (κ1) is 19.1. The average Bonchev–Trinajstić information content (AvgIpc) is 3.10. The predicted octanol–water partition coefficient (Wildman–Crippen LogP) is 4.12. The van der Waals surface area contributed by atoms with Crippen molar-refractivity contribution in [2.24, 2.45) is 0 Å². The third-order valence-corrected chi connectivity index (χ3v) is 5.50. The summed E-state index contributed by atoms with van der Waals surface area (Å²) in [7, 11) is 4.87. The van der Waals surface area contributed by atoms with Crippen molar-refractivity contribution in [3.05, 3.63) is 65.0 Å². The van der Waals surface area contributed by atoms with Crippen LogP contribution in [-0.4, -0.2) is 36.9 Å². The number of Topliss-reactive ketones (excluding diaryl/α,β-unsaturated/α-hetero) is 1. The molecule has 150 valence electrons. The van der Waals surface area contributed by atoms with Crippen molar-refractivity contribution in [1.82, 2.24) is 9.78 Å². The Labute approximate surface area is 170 Å². The van der Waals surface area contributed by atoms with E-state index in [1.807, 2.05) is 54.1 Å². The molecule has 1 heterocycles. The Morgan fingerprint density at radius 1 is 0.931 bits per heavy atom. The molecule has 0 bridgehead atoms. The molecule has 3 aromatic rings. The SMILES string of the molecule is COc1ccc(-n2nc(C)c3c2CC(c2ccc(OC)c(OC)c2)CC3=O)cc1. The number of benzene rings is 2. The lowest BCUT2D eigenvalue weighted by atomic mass is 9.81. The Hall–Kier alpha value is -3.28. The summed E-state index contributed by atoms with van der Waals surface area (Å²) in [6.07, 6.45) is 1.18. The van der Waals surface area contributed by atoms with Gasteiger partial charge in [0, 0.05) is 6.42 Å².